The number of hydrogen-bond acceptors (Lipinski definition) is 4. The summed E-state index contributed by atoms with van der Waals surface area (Å²) in [7, 11) is 0. The van der Waals surface area contributed by atoms with Crippen LogP contribution >= 0.6 is 0 Å². The van der Waals surface area contributed by atoms with Gasteiger partial charge in [-0.15, -0.1) is 0 Å². The molecule has 0 saturated heterocycles. The van der Waals surface area contributed by atoms with Crippen LogP contribution in [0.3, 0.4) is 0 Å². The number of H-pyrrole nitrogens is 1. The summed E-state index contributed by atoms with van der Waals surface area (Å²) < 4.78 is 14.0. The smallest absolute Gasteiger partial charge is 0.328 e. The summed E-state index contributed by atoms with van der Waals surface area (Å²) in [6.07, 6.45) is 0.810. The molecule has 0 radical (unpaired) electrons. The van der Waals surface area contributed by atoms with Crippen LogP contribution in [-0.4, -0.2) is 33.0 Å². The SMILES string of the molecule is O=c1[nH]c(=O)n(C2C(CO)C2CO)cc1F. The lowest BCUT2D eigenvalue weighted by Gasteiger charge is -2.03. The molecule has 1 aliphatic rings. The van der Waals surface area contributed by atoms with E-state index in [1.807, 2.05) is 4.98 Å². The van der Waals surface area contributed by atoms with Gasteiger partial charge in [0.05, 0.1) is 6.20 Å². The van der Waals surface area contributed by atoms with Gasteiger partial charge in [-0.2, -0.15) is 4.39 Å². The van der Waals surface area contributed by atoms with Gasteiger partial charge in [-0.1, -0.05) is 0 Å². The van der Waals surface area contributed by atoms with Gasteiger partial charge in [0.15, 0.2) is 0 Å². The fraction of sp³-hybridized carbons (Fsp3) is 0.556. The van der Waals surface area contributed by atoms with E-state index >= 15 is 0 Å². The zero-order chi connectivity index (χ0) is 11.9. The van der Waals surface area contributed by atoms with Crippen LogP contribution in [0.4, 0.5) is 4.39 Å². The molecule has 0 spiro atoms. The second-order valence-corrected chi connectivity index (χ2v) is 3.83. The third-order valence-corrected chi connectivity index (χ3v) is 2.95. The van der Waals surface area contributed by atoms with Gasteiger partial charge >= 0.3 is 5.69 Å². The molecule has 88 valence electrons. The monoisotopic (exact) mass is 230 g/mol. The van der Waals surface area contributed by atoms with E-state index in [2.05, 4.69) is 0 Å². The van der Waals surface area contributed by atoms with Crippen LogP contribution in [0.1, 0.15) is 6.04 Å². The van der Waals surface area contributed by atoms with Gasteiger partial charge in [0.2, 0.25) is 5.82 Å². The van der Waals surface area contributed by atoms with Crippen molar-refractivity contribution in [3.8, 4) is 0 Å². The molecule has 1 aromatic heterocycles. The number of rotatable bonds is 3. The molecular formula is C9H11FN2O4. The van der Waals surface area contributed by atoms with Crippen molar-refractivity contribution in [3.63, 3.8) is 0 Å². The normalized spacial score (nSPS) is 28.1. The average molecular weight is 230 g/mol. The molecule has 1 heterocycles. The second-order valence-electron chi connectivity index (χ2n) is 3.83. The number of aliphatic hydroxyl groups is 2. The van der Waals surface area contributed by atoms with Gasteiger partial charge in [0, 0.05) is 31.1 Å². The molecule has 0 aliphatic heterocycles. The predicted octanol–water partition coefficient (Wildman–Crippen LogP) is -1.55. The summed E-state index contributed by atoms with van der Waals surface area (Å²) in [6.45, 7) is -0.383. The van der Waals surface area contributed by atoms with Gasteiger partial charge in [0.25, 0.3) is 5.56 Å². The molecule has 1 aliphatic carbocycles. The molecule has 6 nitrogen and oxygen atoms in total. The molecule has 2 rings (SSSR count). The molecule has 7 heteroatoms. The van der Waals surface area contributed by atoms with Crippen molar-refractivity contribution in [2.24, 2.45) is 11.8 Å². The number of aromatic amines is 1. The van der Waals surface area contributed by atoms with Crippen LogP contribution in [0.5, 0.6) is 0 Å². The van der Waals surface area contributed by atoms with Gasteiger partial charge < -0.3 is 10.2 Å². The average Bonchev–Trinajstić information content (AvgIpc) is 2.96. The minimum absolute atomic E-state index is 0.191. The summed E-state index contributed by atoms with van der Waals surface area (Å²) in [5.74, 6) is -1.60. The third-order valence-electron chi connectivity index (χ3n) is 2.95. The van der Waals surface area contributed by atoms with Crippen molar-refractivity contribution in [3.05, 3.63) is 32.9 Å². The van der Waals surface area contributed by atoms with E-state index in [1.54, 1.807) is 0 Å². The molecular weight excluding hydrogens is 219 g/mol. The maximum absolute atomic E-state index is 13.0. The van der Waals surface area contributed by atoms with E-state index in [-0.39, 0.29) is 25.0 Å². The number of aliphatic hydroxyl groups excluding tert-OH is 2. The lowest BCUT2D eigenvalue weighted by Crippen LogP contribution is -2.31. The van der Waals surface area contributed by atoms with E-state index in [0.717, 1.165) is 10.8 Å². The number of nitrogens with one attached hydrogen (secondary N) is 1. The molecule has 1 fully saturated rings. The molecule has 3 N–H and O–H groups in total. The van der Waals surface area contributed by atoms with Gasteiger partial charge in [-0.05, 0) is 0 Å². The van der Waals surface area contributed by atoms with E-state index < -0.39 is 23.1 Å². The largest absolute Gasteiger partial charge is 0.396 e. The molecule has 0 amide bonds. The Kier molecular flexibility index (Phi) is 2.64. The van der Waals surface area contributed by atoms with Crippen molar-refractivity contribution >= 4 is 0 Å². The van der Waals surface area contributed by atoms with Crippen molar-refractivity contribution in [2.45, 2.75) is 6.04 Å². The highest BCUT2D eigenvalue weighted by Crippen LogP contribution is 2.48. The van der Waals surface area contributed by atoms with Crippen molar-refractivity contribution in [2.75, 3.05) is 13.2 Å². The van der Waals surface area contributed by atoms with Crippen molar-refractivity contribution in [1.29, 1.82) is 0 Å². The Balaban J connectivity index is 2.39. The first-order valence-corrected chi connectivity index (χ1v) is 4.82. The summed E-state index contributed by atoms with van der Waals surface area (Å²) >= 11 is 0. The lowest BCUT2D eigenvalue weighted by atomic mass is 10.3. The standard InChI is InChI=1S/C9H11FN2O4/c10-6-1-12(9(16)11-8(6)15)7-4(2-13)5(7)3-14/h1,4-5,7,13-14H,2-3H2,(H,11,15,16). The highest BCUT2D eigenvalue weighted by Gasteiger charge is 2.51. The highest BCUT2D eigenvalue weighted by molar-refractivity contribution is 5.04. The van der Waals surface area contributed by atoms with Gasteiger partial charge in [0.1, 0.15) is 0 Å². The van der Waals surface area contributed by atoms with Gasteiger partial charge in [-0.3, -0.25) is 14.3 Å². The van der Waals surface area contributed by atoms with Crippen LogP contribution in [0.2, 0.25) is 0 Å². The second kappa shape index (κ2) is 3.84. The van der Waals surface area contributed by atoms with Crippen LogP contribution in [0.25, 0.3) is 0 Å². The van der Waals surface area contributed by atoms with E-state index in [9.17, 15) is 14.0 Å². The summed E-state index contributed by atoms with van der Waals surface area (Å²) in [4.78, 5) is 24.0. The van der Waals surface area contributed by atoms with Crippen molar-refractivity contribution < 1.29 is 14.6 Å². The first kappa shape index (κ1) is 11.0. The predicted molar refractivity (Wildman–Crippen MR) is 51.5 cm³/mol. The quantitative estimate of drug-likeness (QED) is 0.585. The molecule has 2 atom stereocenters. The van der Waals surface area contributed by atoms with E-state index in [0.29, 0.717) is 0 Å². The molecule has 1 aromatic rings. The minimum Gasteiger partial charge on any atom is -0.396 e. The molecule has 1 saturated carbocycles. The Morgan fingerprint density at radius 3 is 2.38 bits per heavy atom. The third kappa shape index (κ3) is 1.57. The van der Waals surface area contributed by atoms with Gasteiger partial charge in [-0.25, -0.2) is 4.79 Å². The first-order chi connectivity index (χ1) is 7.60. The Bertz CT molecular complexity index is 499. The fourth-order valence-corrected chi connectivity index (χ4v) is 2.01. The molecule has 16 heavy (non-hydrogen) atoms. The topological polar surface area (TPSA) is 95.3 Å². The maximum Gasteiger partial charge on any atom is 0.328 e. The Hall–Kier alpha value is -1.47. The summed E-state index contributed by atoms with van der Waals surface area (Å²) in [6, 6.07) is -0.450. The Morgan fingerprint density at radius 1 is 1.31 bits per heavy atom. The number of halogens is 1. The van der Waals surface area contributed by atoms with Crippen LogP contribution < -0.4 is 11.2 Å². The van der Waals surface area contributed by atoms with Crippen LogP contribution in [0, 0.1) is 17.7 Å². The van der Waals surface area contributed by atoms with Crippen molar-refractivity contribution in [1.82, 2.24) is 9.55 Å². The Morgan fingerprint density at radius 2 is 1.88 bits per heavy atom. The number of nitrogens with zero attached hydrogens (tertiary/aromatic N) is 1. The summed E-state index contributed by atoms with van der Waals surface area (Å²) in [5, 5.41) is 17.9. The zero-order valence-corrected chi connectivity index (χ0v) is 8.26. The maximum atomic E-state index is 13.0. The minimum atomic E-state index is -1.07. The fourth-order valence-electron chi connectivity index (χ4n) is 2.01. The zero-order valence-electron chi connectivity index (χ0n) is 8.26. The van der Waals surface area contributed by atoms with Crippen LogP contribution in [0.15, 0.2) is 15.8 Å². The lowest BCUT2D eigenvalue weighted by molar-refractivity contribution is 0.232. The number of hydrogen-bond donors (Lipinski definition) is 3. The summed E-state index contributed by atoms with van der Waals surface area (Å²) in [5.41, 5.74) is -1.80. The van der Waals surface area contributed by atoms with E-state index in [4.69, 9.17) is 10.2 Å². The molecule has 2 unspecified atom stereocenters. The number of aromatic nitrogens is 2. The highest BCUT2D eigenvalue weighted by atomic mass is 19.1. The molecule has 0 aromatic carbocycles. The van der Waals surface area contributed by atoms with E-state index in [1.165, 1.54) is 0 Å². The Labute approximate surface area is 89.0 Å². The molecule has 0 bridgehead atoms. The van der Waals surface area contributed by atoms with Crippen LogP contribution in [-0.2, 0) is 0 Å². The first-order valence-electron chi connectivity index (χ1n) is 4.82.